The average molecular weight is 263 g/mol. The van der Waals surface area contributed by atoms with Crippen molar-refractivity contribution < 1.29 is 9.53 Å². The van der Waals surface area contributed by atoms with Crippen molar-refractivity contribution in [2.45, 2.75) is 53.2 Å². The Balaban J connectivity index is 2.73. The van der Waals surface area contributed by atoms with Gasteiger partial charge in [0.2, 0.25) is 0 Å². The zero-order chi connectivity index (χ0) is 14.6. The van der Waals surface area contributed by atoms with Crippen LogP contribution in [0.5, 0.6) is 0 Å². The molecule has 1 rings (SSSR count). The van der Waals surface area contributed by atoms with Gasteiger partial charge in [-0.15, -0.1) is 0 Å². The van der Waals surface area contributed by atoms with Gasteiger partial charge in [0.25, 0.3) is 0 Å². The Kier molecular flexibility index (Phi) is 5.12. The third kappa shape index (κ3) is 5.43. The highest BCUT2D eigenvalue weighted by Gasteiger charge is 2.17. The van der Waals surface area contributed by atoms with Gasteiger partial charge in [-0.3, -0.25) is 0 Å². The summed E-state index contributed by atoms with van der Waals surface area (Å²) < 4.78 is 5.15. The smallest absolute Gasteiger partial charge is 0.338 e. The lowest BCUT2D eigenvalue weighted by molar-refractivity contribution is 0.0378. The Morgan fingerprint density at radius 3 is 2.16 bits per heavy atom. The number of ether oxygens (including phenoxy) is 1. The summed E-state index contributed by atoms with van der Waals surface area (Å²) in [6.07, 6.45) is 0.804. The molecule has 0 aromatic heterocycles. The summed E-state index contributed by atoms with van der Waals surface area (Å²) in [7, 11) is 0. The number of rotatable bonds is 4. The summed E-state index contributed by atoms with van der Waals surface area (Å²) in [5.41, 5.74) is 7.98. The van der Waals surface area contributed by atoms with Gasteiger partial charge in [-0.1, -0.05) is 32.9 Å². The van der Waals surface area contributed by atoms with E-state index in [1.807, 2.05) is 26.0 Å². The molecule has 3 nitrogen and oxygen atoms in total. The number of nitrogens with two attached hydrogens (primary N) is 1. The first-order chi connectivity index (χ1) is 8.69. The highest BCUT2D eigenvalue weighted by Crippen LogP contribution is 2.27. The molecule has 3 heteroatoms. The molecule has 0 fully saturated rings. The molecule has 0 amide bonds. The maximum Gasteiger partial charge on any atom is 0.338 e. The van der Waals surface area contributed by atoms with Gasteiger partial charge < -0.3 is 10.5 Å². The van der Waals surface area contributed by atoms with Crippen LogP contribution in [0.3, 0.4) is 0 Å². The second-order valence-corrected chi connectivity index (χ2v) is 6.45. The number of carbonyl (C=O) groups excluding carboxylic acids is 1. The van der Waals surface area contributed by atoms with Gasteiger partial charge in [0.05, 0.1) is 11.7 Å². The van der Waals surface area contributed by atoms with Crippen LogP contribution in [0.1, 0.15) is 63.0 Å². The molecule has 1 atom stereocenters. The van der Waals surface area contributed by atoms with Gasteiger partial charge in [0, 0.05) is 6.04 Å². The van der Waals surface area contributed by atoms with Gasteiger partial charge in [-0.05, 0) is 43.4 Å². The van der Waals surface area contributed by atoms with Crippen molar-refractivity contribution in [1.29, 1.82) is 0 Å². The summed E-state index contributed by atoms with van der Waals surface area (Å²) in [6.45, 7) is 10.2. The van der Waals surface area contributed by atoms with E-state index < -0.39 is 0 Å². The molecule has 0 saturated heterocycles. The van der Waals surface area contributed by atoms with Crippen LogP contribution in [0.4, 0.5) is 0 Å². The number of benzene rings is 1. The maximum absolute atomic E-state index is 11.7. The number of hydrogen-bond donors (Lipinski definition) is 1. The highest BCUT2D eigenvalue weighted by atomic mass is 16.5. The number of esters is 1. The van der Waals surface area contributed by atoms with Crippen LogP contribution < -0.4 is 5.73 Å². The number of carbonyl (C=O) groups is 1. The Morgan fingerprint density at radius 1 is 1.21 bits per heavy atom. The maximum atomic E-state index is 11.7. The summed E-state index contributed by atoms with van der Waals surface area (Å²) in [5.74, 6) is -0.286. The molecule has 0 radical (unpaired) electrons. The quantitative estimate of drug-likeness (QED) is 0.843. The molecule has 0 heterocycles. The lowest BCUT2D eigenvalue weighted by Gasteiger charge is -2.23. The summed E-state index contributed by atoms with van der Waals surface area (Å²) >= 11 is 0. The predicted octanol–water partition coefficient (Wildman–Crippen LogP) is 3.69. The molecule has 0 bridgehead atoms. The van der Waals surface area contributed by atoms with Crippen LogP contribution in [0, 0.1) is 5.41 Å². The Hall–Kier alpha value is -1.35. The zero-order valence-corrected chi connectivity index (χ0v) is 12.6. The van der Waals surface area contributed by atoms with Gasteiger partial charge in [-0.25, -0.2) is 4.79 Å². The minimum Gasteiger partial charge on any atom is -0.459 e. The van der Waals surface area contributed by atoms with Crippen molar-refractivity contribution in [2.24, 2.45) is 11.1 Å². The van der Waals surface area contributed by atoms with Crippen LogP contribution in [-0.4, -0.2) is 12.1 Å². The summed E-state index contributed by atoms with van der Waals surface area (Å²) in [4.78, 5) is 11.7. The van der Waals surface area contributed by atoms with Crippen molar-refractivity contribution in [3.05, 3.63) is 35.4 Å². The van der Waals surface area contributed by atoms with Gasteiger partial charge in [0.15, 0.2) is 0 Å². The SMILES string of the molecule is CC(C)OC(=O)c1ccc([C@H](N)CC(C)(C)C)cc1. The van der Waals surface area contributed by atoms with E-state index in [0.29, 0.717) is 5.56 Å². The molecule has 106 valence electrons. The van der Waals surface area contributed by atoms with E-state index in [0.717, 1.165) is 12.0 Å². The first kappa shape index (κ1) is 15.7. The molecule has 19 heavy (non-hydrogen) atoms. The summed E-state index contributed by atoms with van der Waals surface area (Å²) in [6, 6.07) is 7.38. The Morgan fingerprint density at radius 2 is 1.74 bits per heavy atom. The van der Waals surface area contributed by atoms with Crippen LogP contribution >= 0.6 is 0 Å². The van der Waals surface area contributed by atoms with E-state index in [4.69, 9.17) is 10.5 Å². The van der Waals surface area contributed by atoms with E-state index in [1.165, 1.54) is 0 Å². The third-order valence-corrected chi connectivity index (χ3v) is 2.75. The monoisotopic (exact) mass is 263 g/mol. The van der Waals surface area contributed by atoms with Gasteiger partial charge in [0.1, 0.15) is 0 Å². The molecular formula is C16H25NO2. The molecule has 0 aliphatic rings. The fraction of sp³-hybridized carbons (Fsp3) is 0.562. The third-order valence-electron chi connectivity index (χ3n) is 2.75. The molecule has 1 aromatic rings. The predicted molar refractivity (Wildman–Crippen MR) is 78.0 cm³/mol. The van der Waals surface area contributed by atoms with E-state index >= 15 is 0 Å². The molecule has 0 spiro atoms. The van der Waals surface area contributed by atoms with Gasteiger partial charge in [-0.2, -0.15) is 0 Å². The normalized spacial score (nSPS) is 13.4. The molecule has 0 aliphatic heterocycles. The second kappa shape index (κ2) is 6.20. The van der Waals surface area contributed by atoms with Gasteiger partial charge >= 0.3 is 5.97 Å². The minimum atomic E-state index is -0.286. The standard InChI is InChI=1S/C16H25NO2/c1-11(2)19-15(18)13-8-6-12(7-9-13)14(17)10-16(3,4)5/h6-9,11,14H,10,17H2,1-5H3/t14-/m1/s1. The van der Waals surface area contributed by atoms with E-state index in [9.17, 15) is 4.79 Å². The van der Waals surface area contributed by atoms with Crippen molar-refractivity contribution in [3.8, 4) is 0 Å². The van der Waals surface area contributed by atoms with E-state index in [-0.39, 0.29) is 23.5 Å². The van der Waals surface area contributed by atoms with Crippen molar-refractivity contribution in [3.63, 3.8) is 0 Å². The average Bonchev–Trinajstić information content (AvgIpc) is 2.26. The molecular weight excluding hydrogens is 238 g/mol. The summed E-state index contributed by atoms with van der Waals surface area (Å²) in [5, 5.41) is 0. The number of hydrogen-bond acceptors (Lipinski definition) is 3. The van der Waals surface area contributed by atoms with Crippen LogP contribution in [-0.2, 0) is 4.74 Å². The highest BCUT2D eigenvalue weighted by molar-refractivity contribution is 5.89. The van der Waals surface area contributed by atoms with Crippen LogP contribution in [0.2, 0.25) is 0 Å². The van der Waals surface area contributed by atoms with Crippen LogP contribution in [0.25, 0.3) is 0 Å². The molecule has 0 aliphatic carbocycles. The Labute approximate surface area is 116 Å². The molecule has 2 N–H and O–H groups in total. The van der Waals surface area contributed by atoms with E-state index in [1.54, 1.807) is 12.1 Å². The molecule has 0 saturated carbocycles. The topological polar surface area (TPSA) is 52.3 Å². The molecule has 1 aromatic carbocycles. The lowest BCUT2D eigenvalue weighted by atomic mass is 9.86. The first-order valence-corrected chi connectivity index (χ1v) is 6.75. The fourth-order valence-electron chi connectivity index (χ4n) is 1.93. The molecule has 0 unspecified atom stereocenters. The second-order valence-electron chi connectivity index (χ2n) is 6.45. The fourth-order valence-corrected chi connectivity index (χ4v) is 1.93. The van der Waals surface area contributed by atoms with Crippen molar-refractivity contribution in [2.75, 3.05) is 0 Å². The van der Waals surface area contributed by atoms with Crippen molar-refractivity contribution >= 4 is 5.97 Å². The first-order valence-electron chi connectivity index (χ1n) is 6.75. The van der Waals surface area contributed by atoms with E-state index in [2.05, 4.69) is 20.8 Å². The zero-order valence-electron chi connectivity index (χ0n) is 12.6. The lowest BCUT2D eigenvalue weighted by Crippen LogP contribution is -2.19. The Bertz CT molecular complexity index is 415. The van der Waals surface area contributed by atoms with Crippen LogP contribution in [0.15, 0.2) is 24.3 Å². The minimum absolute atomic E-state index is 0.00447. The largest absolute Gasteiger partial charge is 0.459 e. The van der Waals surface area contributed by atoms with Crippen molar-refractivity contribution in [1.82, 2.24) is 0 Å².